The largest absolute Gasteiger partial charge is 0.358 e. The lowest BCUT2D eigenvalue weighted by Crippen LogP contribution is -2.24. The maximum atomic E-state index is 12.9. The van der Waals surface area contributed by atoms with E-state index in [4.69, 9.17) is 0 Å². The second kappa shape index (κ2) is 5.69. The molecule has 0 fully saturated rings. The van der Waals surface area contributed by atoms with Crippen molar-refractivity contribution >= 4 is 5.91 Å². The molecule has 0 saturated carbocycles. The lowest BCUT2D eigenvalue weighted by molar-refractivity contribution is 0.0953. The van der Waals surface area contributed by atoms with Gasteiger partial charge in [0.05, 0.1) is 5.56 Å². The maximum Gasteiger partial charge on any atom is 0.253 e. The summed E-state index contributed by atoms with van der Waals surface area (Å²) in [6.07, 6.45) is 0.903. The molecule has 2 N–H and O–H groups in total. The van der Waals surface area contributed by atoms with E-state index in [-0.39, 0.29) is 11.7 Å². The normalized spacial score (nSPS) is 10.5. The maximum absolute atomic E-state index is 12.9. The summed E-state index contributed by atoms with van der Waals surface area (Å²) in [6, 6.07) is 7.99. The molecule has 0 bridgehead atoms. The molecule has 0 unspecified atom stereocenters. The molecule has 0 radical (unpaired) electrons. The molecule has 0 aliphatic carbocycles. The monoisotopic (exact) mass is 260 g/mol. The Kier molecular flexibility index (Phi) is 4.00. The van der Waals surface area contributed by atoms with E-state index in [0.717, 1.165) is 23.4 Å². The van der Waals surface area contributed by atoms with Crippen molar-refractivity contribution < 1.29 is 9.18 Å². The third-order valence-electron chi connectivity index (χ3n) is 2.95. The summed E-state index contributed by atoms with van der Waals surface area (Å²) in [7, 11) is 0. The van der Waals surface area contributed by atoms with Gasteiger partial charge in [0.15, 0.2) is 0 Å². The molecule has 0 aliphatic rings. The number of carbonyl (C=O) groups excluding carboxylic acids is 1. The van der Waals surface area contributed by atoms with Gasteiger partial charge in [-0.1, -0.05) is 6.92 Å². The van der Waals surface area contributed by atoms with Crippen LogP contribution in [0.1, 0.15) is 29.4 Å². The summed E-state index contributed by atoms with van der Waals surface area (Å²) in [5, 5.41) is 2.84. The van der Waals surface area contributed by atoms with E-state index in [1.807, 2.05) is 13.8 Å². The summed E-state index contributed by atoms with van der Waals surface area (Å²) in [4.78, 5) is 15.1. The second-order valence-corrected chi connectivity index (χ2v) is 4.48. The van der Waals surface area contributed by atoms with Crippen LogP contribution in [0.4, 0.5) is 4.39 Å². The molecule has 1 aromatic heterocycles. The van der Waals surface area contributed by atoms with Crippen LogP contribution in [0.15, 0.2) is 30.3 Å². The first-order valence-corrected chi connectivity index (χ1v) is 6.35. The highest BCUT2D eigenvalue weighted by atomic mass is 19.1. The van der Waals surface area contributed by atoms with Crippen molar-refractivity contribution in [2.45, 2.75) is 20.3 Å². The highest BCUT2D eigenvalue weighted by Gasteiger charge is 2.12. The molecule has 4 heteroatoms. The zero-order chi connectivity index (χ0) is 13.8. The van der Waals surface area contributed by atoms with Gasteiger partial charge >= 0.3 is 0 Å². The third kappa shape index (κ3) is 3.02. The first kappa shape index (κ1) is 13.3. The van der Waals surface area contributed by atoms with Gasteiger partial charge in [-0.2, -0.15) is 0 Å². The molecule has 0 saturated heterocycles. The van der Waals surface area contributed by atoms with Gasteiger partial charge in [-0.3, -0.25) is 4.79 Å². The minimum Gasteiger partial charge on any atom is -0.358 e. The SMILES string of the molecule is CCCNC(=O)c1cc(-c2ccc(F)cc2)[nH]c1C. The van der Waals surface area contributed by atoms with E-state index in [9.17, 15) is 9.18 Å². The van der Waals surface area contributed by atoms with Gasteiger partial charge in [0.25, 0.3) is 5.91 Å². The van der Waals surface area contributed by atoms with Crippen LogP contribution in [-0.2, 0) is 0 Å². The van der Waals surface area contributed by atoms with Crippen molar-refractivity contribution in [1.82, 2.24) is 10.3 Å². The van der Waals surface area contributed by atoms with Gasteiger partial charge in [0.2, 0.25) is 0 Å². The van der Waals surface area contributed by atoms with Crippen LogP contribution < -0.4 is 5.32 Å². The van der Waals surface area contributed by atoms with Crippen LogP contribution in [0.25, 0.3) is 11.3 Å². The van der Waals surface area contributed by atoms with Crippen LogP contribution in [0.5, 0.6) is 0 Å². The van der Waals surface area contributed by atoms with Crippen LogP contribution in [0, 0.1) is 12.7 Å². The fourth-order valence-electron chi connectivity index (χ4n) is 1.91. The average molecular weight is 260 g/mol. The molecule has 100 valence electrons. The van der Waals surface area contributed by atoms with Crippen LogP contribution in [-0.4, -0.2) is 17.4 Å². The zero-order valence-corrected chi connectivity index (χ0v) is 11.1. The number of rotatable bonds is 4. The van der Waals surface area contributed by atoms with Crippen LogP contribution >= 0.6 is 0 Å². The fraction of sp³-hybridized carbons (Fsp3) is 0.267. The van der Waals surface area contributed by atoms with Gasteiger partial charge in [-0.15, -0.1) is 0 Å². The predicted octanol–water partition coefficient (Wildman–Crippen LogP) is 3.27. The highest BCUT2D eigenvalue weighted by molar-refractivity contribution is 5.96. The molecule has 2 rings (SSSR count). The molecule has 1 aromatic carbocycles. The van der Waals surface area contributed by atoms with Gasteiger partial charge in [-0.05, 0) is 49.2 Å². The number of aromatic nitrogens is 1. The standard InChI is InChI=1S/C15H17FN2O/c1-3-8-17-15(19)13-9-14(18-10(13)2)11-4-6-12(16)7-5-11/h4-7,9,18H,3,8H2,1-2H3,(H,17,19). The van der Waals surface area contributed by atoms with Crippen molar-refractivity contribution in [2.75, 3.05) is 6.54 Å². The van der Waals surface area contributed by atoms with E-state index >= 15 is 0 Å². The smallest absolute Gasteiger partial charge is 0.253 e. The molecule has 2 aromatic rings. The lowest BCUT2D eigenvalue weighted by Gasteiger charge is -2.01. The number of hydrogen-bond acceptors (Lipinski definition) is 1. The molecule has 3 nitrogen and oxygen atoms in total. The molecule has 1 heterocycles. The number of nitrogens with one attached hydrogen (secondary N) is 2. The zero-order valence-electron chi connectivity index (χ0n) is 11.1. The number of amides is 1. The van der Waals surface area contributed by atoms with Gasteiger partial charge in [0, 0.05) is 17.9 Å². The van der Waals surface area contributed by atoms with E-state index in [1.165, 1.54) is 12.1 Å². The minimum atomic E-state index is -0.270. The summed E-state index contributed by atoms with van der Waals surface area (Å²) >= 11 is 0. The molecule has 0 atom stereocenters. The number of aryl methyl sites for hydroxylation is 1. The average Bonchev–Trinajstić information content (AvgIpc) is 2.79. The Morgan fingerprint density at radius 3 is 2.63 bits per heavy atom. The molecule has 19 heavy (non-hydrogen) atoms. The second-order valence-electron chi connectivity index (χ2n) is 4.48. The topological polar surface area (TPSA) is 44.9 Å². The molecule has 1 amide bonds. The lowest BCUT2D eigenvalue weighted by atomic mass is 10.1. The van der Waals surface area contributed by atoms with Crippen molar-refractivity contribution in [3.63, 3.8) is 0 Å². The minimum absolute atomic E-state index is 0.0797. The van der Waals surface area contributed by atoms with Crippen molar-refractivity contribution in [1.29, 1.82) is 0 Å². The van der Waals surface area contributed by atoms with Gasteiger partial charge < -0.3 is 10.3 Å². The highest BCUT2D eigenvalue weighted by Crippen LogP contribution is 2.22. The molecule has 0 aliphatic heterocycles. The Balaban J connectivity index is 2.25. The van der Waals surface area contributed by atoms with E-state index in [0.29, 0.717) is 12.1 Å². The number of halogens is 1. The Morgan fingerprint density at radius 1 is 1.32 bits per heavy atom. The molecule has 0 spiro atoms. The Labute approximate surface area is 111 Å². The van der Waals surface area contributed by atoms with Crippen molar-refractivity contribution in [3.05, 3.63) is 47.4 Å². The molecular formula is C15H17FN2O. The number of aromatic amines is 1. The van der Waals surface area contributed by atoms with E-state index < -0.39 is 0 Å². The summed E-state index contributed by atoms with van der Waals surface area (Å²) in [5.74, 6) is -0.350. The van der Waals surface area contributed by atoms with E-state index in [2.05, 4.69) is 10.3 Å². The fourth-order valence-corrected chi connectivity index (χ4v) is 1.91. The summed E-state index contributed by atoms with van der Waals surface area (Å²) in [5.41, 5.74) is 3.12. The quantitative estimate of drug-likeness (QED) is 0.870. The van der Waals surface area contributed by atoms with Crippen LogP contribution in [0.2, 0.25) is 0 Å². The van der Waals surface area contributed by atoms with Gasteiger partial charge in [0.1, 0.15) is 5.82 Å². The van der Waals surface area contributed by atoms with Crippen molar-refractivity contribution in [3.8, 4) is 11.3 Å². The number of carbonyl (C=O) groups is 1. The van der Waals surface area contributed by atoms with Gasteiger partial charge in [-0.25, -0.2) is 4.39 Å². The Morgan fingerprint density at radius 2 is 2.00 bits per heavy atom. The summed E-state index contributed by atoms with van der Waals surface area (Å²) < 4.78 is 12.9. The summed E-state index contributed by atoms with van der Waals surface area (Å²) in [6.45, 7) is 4.53. The third-order valence-corrected chi connectivity index (χ3v) is 2.95. The number of benzene rings is 1. The van der Waals surface area contributed by atoms with Crippen LogP contribution in [0.3, 0.4) is 0 Å². The van der Waals surface area contributed by atoms with E-state index in [1.54, 1.807) is 18.2 Å². The first-order valence-electron chi connectivity index (χ1n) is 6.35. The number of H-pyrrole nitrogens is 1. The number of hydrogen-bond donors (Lipinski definition) is 2. The Hall–Kier alpha value is -2.10. The Bertz CT molecular complexity index is 572. The van der Waals surface area contributed by atoms with Crippen molar-refractivity contribution in [2.24, 2.45) is 0 Å². The molecular weight excluding hydrogens is 243 g/mol. The first-order chi connectivity index (χ1) is 9.11. The predicted molar refractivity (Wildman–Crippen MR) is 73.5 cm³/mol.